The minimum atomic E-state index is -3.65. The van der Waals surface area contributed by atoms with Gasteiger partial charge in [0.25, 0.3) is 0 Å². The highest BCUT2D eigenvalue weighted by molar-refractivity contribution is 7.89. The summed E-state index contributed by atoms with van der Waals surface area (Å²) in [6, 6.07) is 26.0. The Morgan fingerprint density at radius 3 is 2.25 bits per heavy atom. The number of likely N-dealkylation sites (tertiary alicyclic amines) is 1. The van der Waals surface area contributed by atoms with Gasteiger partial charge in [0, 0.05) is 13.6 Å². The lowest BCUT2D eigenvalue weighted by Gasteiger charge is -2.33. The molecule has 36 heavy (non-hydrogen) atoms. The molecule has 3 aromatic carbocycles. The van der Waals surface area contributed by atoms with Crippen LogP contribution in [0.15, 0.2) is 89.8 Å². The number of carboxylic acid groups (broad SMARTS) is 1. The molecule has 0 amide bonds. The van der Waals surface area contributed by atoms with Crippen LogP contribution in [0.25, 0.3) is 0 Å². The zero-order chi connectivity index (χ0) is 25.5. The van der Waals surface area contributed by atoms with E-state index in [9.17, 15) is 18.3 Å². The molecule has 7 heteroatoms. The van der Waals surface area contributed by atoms with E-state index in [4.69, 9.17) is 0 Å². The predicted molar refractivity (Wildman–Crippen MR) is 142 cm³/mol. The summed E-state index contributed by atoms with van der Waals surface area (Å²) < 4.78 is 27.7. The quantitative estimate of drug-likeness (QED) is 0.416. The minimum Gasteiger partial charge on any atom is -0.478 e. The first kappa shape index (κ1) is 26.1. The normalized spacial score (nSPS) is 16.2. The van der Waals surface area contributed by atoms with Crippen LogP contribution in [0.1, 0.15) is 52.6 Å². The predicted octanol–water partition coefficient (Wildman–Crippen LogP) is 5.06. The molecule has 0 aliphatic carbocycles. The van der Waals surface area contributed by atoms with Gasteiger partial charge in [0.05, 0.1) is 10.5 Å². The van der Waals surface area contributed by atoms with E-state index in [-0.39, 0.29) is 22.9 Å². The van der Waals surface area contributed by atoms with Gasteiger partial charge in [0.15, 0.2) is 0 Å². The van der Waals surface area contributed by atoms with Gasteiger partial charge in [-0.15, -0.1) is 0 Å². The first-order valence-corrected chi connectivity index (χ1v) is 13.9. The molecule has 0 aromatic heterocycles. The highest BCUT2D eigenvalue weighted by atomic mass is 32.2. The molecule has 6 nitrogen and oxygen atoms in total. The van der Waals surface area contributed by atoms with Gasteiger partial charge in [-0.3, -0.25) is 0 Å². The van der Waals surface area contributed by atoms with E-state index in [2.05, 4.69) is 29.2 Å². The summed E-state index contributed by atoms with van der Waals surface area (Å²) in [5.74, 6) is -0.531. The molecule has 0 spiro atoms. The number of hydrogen-bond donors (Lipinski definition) is 1. The van der Waals surface area contributed by atoms with Gasteiger partial charge in [0.2, 0.25) is 10.0 Å². The standard InChI is InChI=1S/C29H34N2O4S/c1-30(36(34,35)28-13-6-3-7-14-28)22-27(25-11-8-12-26(21-25)29(32)33)17-20-31-18-15-24(16-19-31)23-9-4-2-5-10-23/h2-14,21,24,27H,15-20,22H2,1H3,(H,32,33). The molecule has 1 heterocycles. The van der Waals surface area contributed by atoms with Crippen LogP contribution in [-0.4, -0.2) is 61.9 Å². The molecule has 1 saturated heterocycles. The van der Waals surface area contributed by atoms with Gasteiger partial charge in [0.1, 0.15) is 0 Å². The van der Waals surface area contributed by atoms with Crippen molar-refractivity contribution >= 4 is 16.0 Å². The van der Waals surface area contributed by atoms with Crippen LogP contribution < -0.4 is 0 Å². The Balaban J connectivity index is 1.46. The van der Waals surface area contributed by atoms with Crippen molar-refractivity contribution < 1.29 is 18.3 Å². The van der Waals surface area contributed by atoms with E-state index in [0.29, 0.717) is 5.92 Å². The third kappa shape index (κ3) is 6.40. The van der Waals surface area contributed by atoms with Gasteiger partial charge < -0.3 is 10.0 Å². The largest absolute Gasteiger partial charge is 0.478 e. The van der Waals surface area contributed by atoms with Gasteiger partial charge in [-0.1, -0.05) is 60.7 Å². The fourth-order valence-corrected chi connectivity index (χ4v) is 6.26. The van der Waals surface area contributed by atoms with E-state index in [0.717, 1.165) is 44.5 Å². The van der Waals surface area contributed by atoms with Crippen molar-refractivity contribution in [3.63, 3.8) is 0 Å². The van der Waals surface area contributed by atoms with Gasteiger partial charge in [-0.25, -0.2) is 17.5 Å². The number of rotatable bonds is 10. The number of hydrogen-bond acceptors (Lipinski definition) is 4. The molecule has 0 radical (unpaired) electrons. The smallest absolute Gasteiger partial charge is 0.335 e. The summed E-state index contributed by atoms with van der Waals surface area (Å²) in [4.78, 5) is 14.3. The summed E-state index contributed by atoms with van der Waals surface area (Å²) >= 11 is 0. The van der Waals surface area contributed by atoms with Crippen molar-refractivity contribution in [1.82, 2.24) is 9.21 Å². The Hall–Kier alpha value is -3.00. The number of likely N-dealkylation sites (N-methyl/N-ethyl adjacent to an activating group) is 1. The molecule has 1 aliphatic heterocycles. The average Bonchev–Trinajstić information content (AvgIpc) is 2.92. The molecule has 1 aliphatic rings. The number of piperidine rings is 1. The molecule has 1 atom stereocenters. The van der Waals surface area contributed by atoms with Crippen LogP contribution in [0.4, 0.5) is 0 Å². The van der Waals surface area contributed by atoms with Gasteiger partial charge in [-0.2, -0.15) is 0 Å². The second kappa shape index (κ2) is 11.8. The van der Waals surface area contributed by atoms with Gasteiger partial charge >= 0.3 is 5.97 Å². The minimum absolute atomic E-state index is 0.125. The topological polar surface area (TPSA) is 77.9 Å². The van der Waals surface area contributed by atoms with E-state index >= 15 is 0 Å². The molecule has 1 fully saturated rings. The van der Waals surface area contributed by atoms with Crippen molar-refractivity contribution in [2.24, 2.45) is 0 Å². The van der Waals surface area contributed by atoms with Crippen LogP contribution in [0.3, 0.4) is 0 Å². The zero-order valence-electron chi connectivity index (χ0n) is 20.7. The average molecular weight is 507 g/mol. The fraction of sp³-hybridized carbons (Fsp3) is 0.345. The summed E-state index contributed by atoms with van der Waals surface area (Å²) in [5, 5.41) is 9.49. The van der Waals surface area contributed by atoms with Crippen LogP contribution >= 0.6 is 0 Å². The number of carboxylic acids is 1. The van der Waals surface area contributed by atoms with Gasteiger partial charge in [-0.05, 0) is 86.1 Å². The highest BCUT2D eigenvalue weighted by Gasteiger charge is 2.26. The maximum Gasteiger partial charge on any atom is 0.335 e. The van der Waals surface area contributed by atoms with Crippen molar-refractivity contribution in [2.75, 3.05) is 33.2 Å². The number of benzene rings is 3. The SMILES string of the molecule is CN(CC(CCN1CCC(c2ccccc2)CC1)c1cccc(C(=O)O)c1)S(=O)(=O)c1ccccc1. The van der Waals surface area contributed by atoms with E-state index in [1.54, 1.807) is 55.6 Å². The lowest BCUT2D eigenvalue weighted by atomic mass is 9.89. The molecule has 3 aromatic rings. The number of sulfonamides is 1. The van der Waals surface area contributed by atoms with Crippen LogP contribution in [-0.2, 0) is 10.0 Å². The fourth-order valence-electron chi connectivity index (χ4n) is 5.02. The first-order valence-electron chi connectivity index (χ1n) is 12.5. The summed E-state index contributed by atoms with van der Waals surface area (Å²) in [6.07, 6.45) is 2.95. The third-order valence-corrected chi connectivity index (χ3v) is 9.02. The summed E-state index contributed by atoms with van der Waals surface area (Å²) in [5.41, 5.74) is 2.46. The molecule has 190 valence electrons. The number of aromatic carboxylic acids is 1. The Morgan fingerprint density at radius 1 is 0.972 bits per heavy atom. The highest BCUT2D eigenvalue weighted by Crippen LogP contribution is 2.30. The maximum absolute atomic E-state index is 13.2. The van der Waals surface area contributed by atoms with Crippen molar-refractivity contribution in [3.8, 4) is 0 Å². The molecule has 1 unspecified atom stereocenters. The van der Waals surface area contributed by atoms with E-state index in [1.165, 1.54) is 9.87 Å². The summed E-state index contributed by atoms with van der Waals surface area (Å²) in [6.45, 7) is 3.11. The lowest BCUT2D eigenvalue weighted by molar-refractivity contribution is 0.0696. The van der Waals surface area contributed by atoms with Crippen molar-refractivity contribution in [1.29, 1.82) is 0 Å². The Morgan fingerprint density at radius 2 is 1.61 bits per heavy atom. The second-order valence-corrected chi connectivity index (χ2v) is 11.6. The number of carbonyl (C=O) groups is 1. The van der Waals surface area contributed by atoms with Crippen LogP contribution in [0.2, 0.25) is 0 Å². The van der Waals surface area contributed by atoms with Crippen LogP contribution in [0.5, 0.6) is 0 Å². The van der Waals surface area contributed by atoms with Crippen LogP contribution in [0, 0.1) is 0 Å². The second-order valence-electron chi connectivity index (χ2n) is 9.54. The Kier molecular flexibility index (Phi) is 8.56. The Labute approximate surface area is 214 Å². The third-order valence-electron chi connectivity index (χ3n) is 7.19. The molecular weight excluding hydrogens is 472 g/mol. The van der Waals surface area contributed by atoms with Crippen molar-refractivity contribution in [2.45, 2.75) is 36.0 Å². The lowest BCUT2D eigenvalue weighted by Crippen LogP contribution is -2.36. The monoisotopic (exact) mass is 506 g/mol. The zero-order valence-corrected chi connectivity index (χ0v) is 21.5. The first-order chi connectivity index (χ1) is 17.3. The van der Waals surface area contributed by atoms with E-state index in [1.807, 2.05) is 12.1 Å². The van der Waals surface area contributed by atoms with E-state index < -0.39 is 16.0 Å². The molecule has 4 rings (SSSR count). The maximum atomic E-state index is 13.2. The summed E-state index contributed by atoms with van der Waals surface area (Å²) in [7, 11) is -2.05. The molecule has 0 saturated carbocycles. The Bertz CT molecular complexity index is 1240. The molecular formula is C29H34N2O4S. The molecule has 0 bridgehead atoms. The number of nitrogens with zero attached hydrogens (tertiary/aromatic N) is 2. The van der Waals surface area contributed by atoms with Crippen molar-refractivity contribution in [3.05, 3.63) is 102 Å². The molecule has 1 N–H and O–H groups in total.